The third-order valence-corrected chi connectivity index (χ3v) is 2.13. The largest absolute Gasteiger partial charge is 0.396 e. The molecule has 78 valence electrons. The minimum absolute atomic E-state index is 0.496. The Morgan fingerprint density at radius 2 is 1.92 bits per heavy atom. The first kappa shape index (κ1) is 12.5. The van der Waals surface area contributed by atoms with E-state index in [4.69, 9.17) is 4.84 Å². The Morgan fingerprint density at radius 3 is 2.46 bits per heavy atom. The van der Waals surface area contributed by atoms with Crippen molar-refractivity contribution in [2.45, 2.75) is 53.4 Å². The first-order valence-corrected chi connectivity index (χ1v) is 5.35. The van der Waals surface area contributed by atoms with Crippen molar-refractivity contribution in [2.24, 2.45) is 11.1 Å². The lowest BCUT2D eigenvalue weighted by Crippen LogP contribution is -2.03. The summed E-state index contributed by atoms with van der Waals surface area (Å²) in [4.78, 5) is 5.19. The van der Waals surface area contributed by atoms with Crippen LogP contribution in [0.25, 0.3) is 0 Å². The minimum atomic E-state index is 0.496. The lowest BCUT2D eigenvalue weighted by atomic mass is 10.1. The van der Waals surface area contributed by atoms with Crippen LogP contribution in [0.5, 0.6) is 0 Å². The molecule has 0 saturated heterocycles. The second kappa shape index (κ2) is 8.09. The molecule has 0 unspecified atom stereocenters. The first-order valence-electron chi connectivity index (χ1n) is 5.35. The fraction of sp³-hybridized carbons (Fsp3) is 0.909. The van der Waals surface area contributed by atoms with E-state index in [9.17, 15) is 0 Å². The Hall–Kier alpha value is -0.530. The molecule has 0 heterocycles. The molecule has 0 aliphatic heterocycles. The summed E-state index contributed by atoms with van der Waals surface area (Å²) in [6.45, 7) is 9.24. The van der Waals surface area contributed by atoms with Gasteiger partial charge in [-0.25, -0.2) is 0 Å². The SMILES string of the molecule is CCCCCCO/N=C(\C)C(C)C. The van der Waals surface area contributed by atoms with E-state index in [2.05, 4.69) is 25.9 Å². The van der Waals surface area contributed by atoms with Crippen molar-refractivity contribution in [3.05, 3.63) is 0 Å². The van der Waals surface area contributed by atoms with Crippen LogP contribution in [0.2, 0.25) is 0 Å². The Balaban J connectivity index is 3.29. The van der Waals surface area contributed by atoms with E-state index in [1.54, 1.807) is 0 Å². The van der Waals surface area contributed by atoms with E-state index in [0.717, 1.165) is 18.7 Å². The van der Waals surface area contributed by atoms with Gasteiger partial charge in [0.1, 0.15) is 6.61 Å². The number of hydrogen-bond acceptors (Lipinski definition) is 2. The molecule has 0 amide bonds. The monoisotopic (exact) mass is 185 g/mol. The summed E-state index contributed by atoms with van der Waals surface area (Å²) < 4.78 is 0. The quantitative estimate of drug-likeness (QED) is 0.337. The van der Waals surface area contributed by atoms with Crippen LogP contribution in [-0.4, -0.2) is 12.3 Å². The van der Waals surface area contributed by atoms with Gasteiger partial charge in [0, 0.05) is 0 Å². The van der Waals surface area contributed by atoms with Crippen molar-refractivity contribution in [3.63, 3.8) is 0 Å². The Morgan fingerprint density at radius 1 is 1.23 bits per heavy atom. The average molecular weight is 185 g/mol. The fourth-order valence-electron chi connectivity index (χ4n) is 0.846. The van der Waals surface area contributed by atoms with E-state index < -0.39 is 0 Å². The summed E-state index contributed by atoms with van der Waals surface area (Å²) in [5.74, 6) is 0.496. The number of nitrogens with zero attached hydrogens (tertiary/aromatic N) is 1. The molecule has 0 fully saturated rings. The summed E-state index contributed by atoms with van der Waals surface area (Å²) in [6, 6.07) is 0. The molecule has 0 aliphatic carbocycles. The fourth-order valence-corrected chi connectivity index (χ4v) is 0.846. The summed E-state index contributed by atoms with van der Waals surface area (Å²) in [6.07, 6.45) is 4.96. The number of oxime groups is 1. The number of rotatable bonds is 7. The van der Waals surface area contributed by atoms with Gasteiger partial charge in [-0.1, -0.05) is 38.8 Å². The Bertz CT molecular complexity index is 141. The van der Waals surface area contributed by atoms with E-state index in [0.29, 0.717) is 5.92 Å². The van der Waals surface area contributed by atoms with Gasteiger partial charge in [-0.15, -0.1) is 0 Å². The zero-order valence-corrected chi connectivity index (χ0v) is 9.47. The molecule has 0 saturated carbocycles. The van der Waals surface area contributed by atoms with E-state index in [-0.39, 0.29) is 0 Å². The maximum absolute atomic E-state index is 5.19. The second-order valence-electron chi connectivity index (χ2n) is 3.78. The second-order valence-corrected chi connectivity index (χ2v) is 3.78. The molecule has 0 aromatic rings. The van der Waals surface area contributed by atoms with E-state index >= 15 is 0 Å². The molecule has 0 bridgehead atoms. The zero-order chi connectivity index (χ0) is 10.1. The van der Waals surface area contributed by atoms with Crippen molar-refractivity contribution < 1.29 is 4.84 Å². The minimum Gasteiger partial charge on any atom is -0.396 e. The van der Waals surface area contributed by atoms with Gasteiger partial charge < -0.3 is 4.84 Å². The van der Waals surface area contributed by atoms with Crippen LogP contribution in [0.3, 0.4) is 0 Å². The molecule has 0 aromatic heterocycles. The summed E-state index contributed by atoms with van der Waals surface area (Å²) >= 11 is 0. The highest BCUT2D eigenvalue weighted by Gasteiger charge is 1.97. The lowest BCUT2D eigenvalue weighted by molar-refractivity contribution is 0.138. The lowest BCUT2D eigenvalue weighted by Gasteiger charge is -2.04. The summed E-state index contributed by atoms with van der Waals surface area (Å²) in [7, 11) is 0. The molecule has 0 aliphatic rings. The van der Waals surface area contributed by atoms with Gasteiger partial charge in [0.25, 0.3) is 0 Å². The standard InChI is InChI=1S/C11H23NO/c1-5-6-7-8-9-13-12-11(4)10(2)3/h10H,5-9H2,1-4H3/b12-11+. The molecule has 2 heteroatoms. The molecule has 0 N–H and O–H groups in total. The third-order valence-electron chi connectivity index (χ3n) is 2.13. The molecule has 0 atom stereocenters. The van der Waals surface area contributed by atoms with Crippen molar-refractivity contribution >= 4 is 5.71 Å². The maximum atomic E-state index is 5.19. The van der Waals surface area contributed by atoms with Gasteiger partial charge in [-0.3, -0.25) is 0 Å². The Kier molecular flexibility index (Phi) is 7.76. The van der Waals surface area contributed by atoms with Crippen molar-refractivity contribution in [2.75, 3.05) is 6.61 Å². The van der Waals surface area contributed by atoms with E-state index in [1.807, 2.05) is 6.92 Å². The molecule has 0 rings (SSSR count). The topological polar surface area (TPSA) is 21.6 Å². The highest BCUT2D eigenvalue weighted by Crippen LogP contribution is 2.00. The van der Waals surface area contributed by atoms with Gasteiger partial charge in [0.2, 0.25) is 0 Å². The van der Waals surface area contributed by atoms with Gasteiger partial charge in [-0.05, 0) is 25.7 Å². The normalized spacial score (nSPS) is 12.2. The molecule has 2 nitrogen and oxygen atoms in total. The van der Waals surface area contributed by atoms with Crippen LogP contribution < -0.4 is 0 Å². The average Bonchev–Trinajstić information content (AvgIpc) is 2.10. The third kappa shape index (κ3) is 7.82. The van der Waals surface area contributed by atoms with E-state index in [1.165, 1.54) is 19.3 Å². The van der Waals surface area contributed by atoms with Gasteiger partial charge >= 0.3 is 0 Å². The van der Waals surface area contributed by atoms with Gasteiger partial charge in [-0.2, -0.15) is 0 Å². The Labute approximate surface area is 82.4 Å². The molecular weight excluding hydrogens is 162 g/mol. The summed E-state index contributed by atoms with van der Waals surface area (Å²) in [5, 5.41) is 4.04. The van der Waals surface area contributed by atoms with Crippen LogP contribution in [0.4, 0.5) is 0 Å². The van der Waals surface area contributed by atoms with Crippen LogP contribution in [0.15, 0.2) is 5.16 Å². The van der Waals surface area contributed by atoms with Crippen LogP contribution in [0.1, 0.15) is 53.4 Å². The van der Waals surface area contributed by atoms with Crippen molar-refractivity contribution in [3.8, 4) is 0 Å². The highest BCUT2D eigenvalue weighted by molar-refractivity contribution is 5.83. The van der Waals surface area contributed by atoms with Crippen LogP contribution in [-0.2, 0) is 4.84 Å². The maximum Gasteiger partial charge on any atom is 0.117 e. The van der Waals surface area contributed by atoms with Crippen molar-refractivity contribution in [1.29, 1.82) is 0 Å². The molecule has 0 spiro atoms. The van der Waals surface area contributed by atoms with Gasteiger partial charge in [0.05, 0.1) is 5.71 Å². The molecule has 13 heavy (non-hydrogen) atoms. The smallest absolute Gasteiger partial charge is 0.117 e. The van der Waals surface area contributed by atoms with Crippen LogP contribution >= 0.6 is 0 Å². The van der Waals surface area contributed by atoms with Gasteiger partial charge in [0.15, 0.2) is 0 Å². The predicted molar refractivity (Wildman–Crippen MR) is 58.0 cm³/mol. The van der Waals surface area contributed by atoms with Crippen molar-refractivity contribution in [1.82, 2.24) is 0 Å². The highest BCUT2D eigenvalue weighted by atomic mass is 16.6. The molecule has 0 aromatic carbocycles. The summed E-state index contributed by atoms with van der Waals surface area (Å²) in [5.41, 5.74) is 1.08. The molecule has 0 radical (unpaired) electrons. The predicted octanol–water partition coefficient (Wildman–Crippen LogP) is 3.62. The van der Waals surface area contributed by atoms with Crippen LogP contribution in [0, 0.1) is 5.92 Å². The first-order chi connectivity index (χ1) is 6.18. The number of hydrogen-bond donors (Lipinski definition) is 0. The number of unbranched alkanes of at least 4 members (excludes halogenated alkanes) is 3. The zero-order valence-electron chi connectivity index (χ0n) is 9.47. The molecular formula is C11H23NO.